The lowest BCUT2D eigenvalue weighted by Crippen LogP contribution is -2.43. The molecular formula is C14H17NO4. The normalized spacial score (nSPS) is 27.0. The van der Waals surface area contributed by atoms with Crippen LogP contribution in [0.15, 0.2) is 12.1 Å². The van der Waals surface area contributed by atoms with E-state index in [4.69, 9.17) is 14.2 Å². The fourth-order valence-electron chi connectivity index (χ4n) is 3.00. The molecule has 0 bridgehead atoms. The topological polar surface area (TPSA) is 56.8 Å². The summed E-state index contributed by atoms with van der Waals surface area (Å²) in [6.45, 7) is 0.605. The van der Waals surface area contributed by atoms with Crippen LogP contribution in [-0.2, 0) is 16.1 Å². The van der Waals surface area contributed by atoms with E-state index in [2.05, 4.69) is 5.32 Å². The molecule has 19 heavy (non-hydrogen) atoms. The number of rotatable bonds is 3. The first-order chi connectivity index (χ1) is 9.16. The highest BCUT2D eigenvalue weighted by atomic mass is 16.5. The summed E-state index contributed by atoms with van der Waals surface area (Å²) in [5.74, 6) is 1.51. The van der Waals surface area contributed by atoms with Crippen LogP contribution in [0, 0.1) is 0 Å². The lowest BCUT2D eigenvalue weighted by atomic mass is 9.94. The molecular weight excluding hydrogens is 246 g/mol. The van der Waals surface area contributed by atoms with Gasteiger partial charge >= 0.3 is 5.97 Å². The predicted molar refractivity (Wildman–Crippen MR) is 68.5 cm³/mol. The van der Waals surface area contributed by atoms with Crippen LogP contribution in [-0.4, -0.2) is 32.8 Å². The Bertz CT molecular complexity index is 542. The van der Waals surface area contributed by atoms with E-state index in [1.165, 1.54) is 7.11 Å². The molecule has 0 aromatic heterocycles. The molecule has 102 valence electrons. The van der Waals surface area contributed by atoms with Crippen LogP contribution < -0.4 is 14.8 Å². The zero-order valence-corrected chi connectivity index (χ0v) is 11.3. The van der Waals surface area contributed by atoms with Crippen molar-refractivity contribution in [3.05, 3.63) is 23.3 Å². The van der Waals surface area contributed by atoms with Gasteiger partial charge in [0.05, 0.1) is 21.3 Å². The van der Waals surface area contributed by atoms with Crippen LogP contribution >= 0.6 is 0 Å². The van der Waals surface area contributed by atoms with Gasteiger partial charge in [0.1, 0.15) is 17.0 Å². The first-order valence-corrected chi connectivity index (χ1v) is 6.24. The third-order valence-corrected chi connectivity index (χ3v) is 4.14. The summed E-state index contributed by atoms with van der Waals surface area (Å²) in [4.78, 5) is 11.9. The Kier molecular flexibility index (Phi) is 2.67. The molecule has 2 atom stereocenters. The molecule has 1 fully saturated rings. The van der Waals surface area contributed by atoms with Gasteiger partial charge in [-0.1, -0.05) is 0 Å². The van der Waals surface area contributed by atoms with Crippen molar-refractivity contribution in [1.29, 1.82) is 0 Å². The van der Waals surface area contributed by atoms with Crippen LogP contribution in [0.5, 0.6) is 11.5 Å². The Hall–Kier alpha value is -1.75. The fourth-order valence-corrected chi connectivity index (χ4v) is 3.00. The van der Waals surface area contributed by atoms with Crippen LogP contribution in [0.4, 0.5) is 0 Å². The van der Waals surface area contributed by atoms with Gasteiger partial charge < -0.3 is 14.2 Å². The third-order valence-electron chi connectivity index (χ3n) is 4.14. The van der Waals surface area contributed by atoms with Gasteiger partial charge in [0.15, 0.2) is 0 Å². The summed E-state index contributed by atoms with van der Waals surface area (Å²) >= 11 is 0. The molecule has 1 aromatic carbocycles. The first kappa shape index (κ1) is 12.3. The monoisotopic (exact) mass is 263 g/mol. The average Bonchev–Trinajstić information content (AvgIpc) is 3.21. The maximum atomic E-state index is 11.9. The minimum Gasteiger partial charge on any atom is -0.497 e. The Morgan fingerprint density at radius 3 is 2.74 bits per heavy atom. The summed E-state index contributed by atoms with van der Waals surface area (Å²) < 4.78 is 15.6. The van der Waals surface area contributed by atoms with Gasteiger partial charge in [-0.2, -0.15) is 0 Å². The largest absolute Gasteiger partial charge is 0.497 e. The van der Waals surface area contributed by atoms with E-state index in [1.807, 2.05) is 12.1 Å². The maximum Gasteiger partial charge on any atom is 0.326 e. The van der Waals surface area contributed by atoms with Crippen LogP contribution in [0.25, 0.3) is 0 Å². The Morgan fingerprint density at radius 1 is 1.32 bits per heavy atom. The highest BCUT2D eigenvalue weighted by Gasteiger charge is 2.64. The number of benzene rings is 1. The van der Waals surface area contributed by atoms with Crippen molar-refractivity contribution in [3.8, 4) is 11.5 Å². The van der Waals surface area contributed by atoms with Gasteiger partial charge in [-0.15, -0.1) is 0 Å². The smallest absolute Gasteiger partial charge is 0.326 e. The van der Waals surface area contributed by atoms with E-state index in [-0.39, 0.29) is 11.9 Å². The van der Waals surface area contributed by atoms with Gasteiger partial charge in [0, 0.05) is 24.1 Å². The van der Waals surface area contributed by atoms with Crippen molar-refractivity contribution in [2.24, 2.45) is 0 Å². The van der Waals surface area contributed by atoms with Gasteiger partial charge in [0.25, 0.3) is 0 Å². The van der Waals surface area contributed by atoms with Crippen molar-refractivity contribution in [1.82, 2.24) is 5.32 Å². The molecule has 2 aliphatic rings. The Labute approximate surface area is 111 Å². The van der Waals surface area contributed by atoms with E-state index < -0.39 is 5.54 Å². The number of methoxy groups -OCH3 is 3. The molecule has 1 saturated carbocycles. The standard InChI is InChI=1S/C14H17NO4/c1-17-8-4-9-10(12(5-8)18-2)7-15-14(6-11(9)14)13(16)19-3/h4-5,11,15H,6-7H2,1-3H3. The predicted octanol–water partition coefficient (Wildman–Crippen LogP) is 1.21. The average molecular weight is 263 g/mol. The Balaban J connectivity index is 2.04. The SMILES string of the molecule is COC(=O)C12CC1c1cc(OC)cc(OC)c1CN2. The van der Waals surface area contributed by atoms with Gasteiger partial charge in [-0.05, 0) is 18.1 Å². The van der Waals surface area contributed by atoms with Crippen molar-refractivity contribution in [2.75, 3.05) is 21.3 Å². The highest BCUT2D eigenvalue weighted by Crippen LogP contribution is 2.57. The number of hydrogen-bond acceptors (Lipinski definition) is 5. The summed E-state index contributed by atoms with van der Waals surface area (Å²) in [5, 5.41) is 3.29. The summed E-state index contributed by atoms with van der Waals surface area (Å²) in [5.41, 5.74) is 1.68. The highest BCUT2D eigenvalue weighted by molar-refractivity contribution is 5.88. The third kappa shape index (κ3) is 1.61. The molecule has 1 heterocycles. The van der Waals surface area contributed by atoms with E-state index in [0.29, 0.717) is 6.54 Å². The number of nitrogens with one attached hydrogen (secondary N) is 1. The molecule has 0 saturated heterocycles. The molecule has 0 spiro atoms. The van der Waals surface area contributed by atoms with E-state index in [1.54, 1.807) is 14.2 Å². The van der Waals surface area contributed by atoms with Crippen LogP contribution in [0.1, 0.15) is 23.5 Å². The fraction of sp³-hybridized carbons (Fsp3) is 0.500. The molecule has 5 heteroatoms. The molecule has 2 unspecified atom stereocenters. The number of carbonyl (C=O) groups excluding carboxylic acids is 1. The van der Waals surface area contributed by atoms with Crippen LogP contribution in [0.2, 0.25) is 0 Å². The quantitative estimate of drug-likeness (QED) is 0.831. The first-order valence-electron chi connectivity index (χ1n) is 6.24. The molecule has 5 nitrogen and oxygen atoms in total. The minimum absolute atomic E-state index is 0.146. The molecule has 1 N–H and O–H groups in total. The van der Waals surface area contributed by atoms with E-state index in [9.17, 15) is 4.79 Å². The van der Waals surface area contributed by atoms with Crippen LogP contribution in [0.3, 0.4) is 0 Å². The van der Waals surface area contributed by atoms with Gasteiger partial charge in [0.2, 0.25) is 0 Å². The number of hydrogen-bond donors (Lipinski definition) is 1. The zero-order valence-electron chi connectivity index (χ0n) is 11.3. The second kappa shape index (κ2) is 4.13. The number of carbonyl (C=O) groups is 1. The number of esters is 1. The Morgan fingerprint density at radius 2 is 2.11 bits per heavy atom. The summed E-state index contributed by atoms with van der Waals surface area (Å²) in [6, 6.07) is 3.86. The lowest BCUT2D eigenvalue weighted by Gasteiger charge is -2.26. The van der Waals surface area contributed by atoms with E-state index >= 15 is 0 Å². The van der Waals surface area contributed by atoms with Crippen molar-refractivity contribution in [2.45, 2.75) is 24.4 Å². The molecule has 1 aliphatic carbocycles. The van der Waals surface area contributed by atoms with Crippen molar-refractivity contribution >= 4 is 5.97 Å². The lowest BCUT2D eigenvalue weighted by molar-refractivity contribution is -0.144. The van der Waals surface area contributed by atoms with Gasteiger partial charge in [-0.25, -0.2) is 0 Å². The maximum absolute atomic E-state index is 11.9. The van der Waals surface area contributed by atoms with Gasteiger partial charge in [-0.3, -0.25) is 10.1 Å². The molecule has 3 rings (SSSR count). The van der Waals surface area contributed by atoms with E-state index in [0.717, 1.165) is 29.0 Å². The zero-order chi connectivity index (χ0) is 13.6. The summed E-state index contributed by atoms with van der Waals surface area (Å²) in [6.07, 6.45) is 0.767. The second-order valence-corrected chi connectivity index (χ2v) is 4.97. The van der Waals surface area contributed by atoms with Crippen molar-refractivity contribution in [3.63, 3.8) is 0 Å². The molecule has 0 radical (unpaired) electrons. The second-order valence-electron chi connectivity index (χ2n) is 4.97. The molecule has 0 amide bonds. The minimum atomic E-state index is -0.543. The number of ether oxygens (including phenoxy) is 3. The number of fused-ring (bicyclic) bond motifs is 3. The van der Waals surface area contributed by atoms with Crippen molar-refractivity contribution < 1.29 is 19.0 Å². The molecule has 1 aliphatic heterocycles. The molecule has 1 aromatic rings. The summed E-state index contributed by atoms with van der Waals surface area (Å²) in [7, 11) is 4.70.